The summed E-state index contributed by atoms with van der Waals surface area (Å²) in [5, 5.41) is 2.18. The molecule has 1 saturated heterocycles. The number of amides is 2. The molecule has 0 aromatic rings. The highest BCUT2D eigenvalue weighted by Crippen LogP contribution is 2.40. The zero-order valence-electron chi connectivity index (χ0n) is 6.55. The number of rotatable bonds is 0. The molecule has 0 aromatic heterocycles. The summed E-state index contributed by atoms with van der Waals surface area (Å²) in [5.41, 5.74) is -0.961. The van der Waals surface area contributed by atoms with E-state index in [0.717, 1.165) is 6.42 Å². The van der Waals surface area contributed by atoms with Crippen molar-refractivity contribution < 1.29 is 14.4 Å². The lowest BCUT2D eigenvalue weighted by Gasteiger charge is -2.14. The second kappa shape index (κ2) is 2.15. The second-order valence-corrected chi connectivity index (χ2v) is 3.41. The minimum atomic E-state index is -0.961. The first-order valence-electron chi connectivity index (χ1n) is 4.03. The lowest BCUT2D eigenvalue weighted by molar-refractivity contribution is -0.137. The molecule has 4 heteroatoms. The van der Waals surface area contributed by atoms with Gasteiger partial charge in [0.15, 0.2) is 0 Å². The molecule has 2 fully saturated rings. The third-order valence-corrected chi connectivity index (χ3v) is 2.69. The lowest BCUT2D eigenvalue weighted by Crippen LogP contribution is -2.34. The number of carbonyl (C=O) groups is 3. The summed E-state index contributed by atoms with van der Waals surface area (Å²) in [4.78, 5) is 33.5. The third-order valence-electron chi connectivity index (χ3n) is 2.69. The van der Waals surface area contributed by atoms with Crippen molar-refractivity contribution in [3.05, 3.63) is 0 Å². The molecular formula is C8H9NO3. The molecule has 2 aliphatic rings. The van der Waals surface area contributed by atoms with Crippen LogP contribution in [0.25, 0.3) is 0 Å². The Balaban J connectivity index is 2.37. The van der Waals surface area contributed by atoms with Crippen LogP contribution in [0.15, 0.2) is 0 Å². The summed E-state index contributed by atoms with van der Waals surface area (Å²) in [7, 11) is 0. The number of imide groups is 1. The highest BCUT2D eigenvalue weighted by Gasteiger charge is 2.54. The van der Waals surface area contributed by atoms with Crippen molar-refractivity contribution in [1.29, 1.82) is 0 Å². The largest absolute Gasteiger partial charge is 0.298 e. The van der Waals surface area contributed by atoms with Crippen LogP contribution >= 0.6 is 0 Å². The van der Waals surface area contributed by atoms with Gasteiger partial charge in [0, 0.05) is 12.8 Å². The zero-order chi connectivity index (χ0) is 8.77. The molecule has 1 spiro atoms. The standard InChI is InChI=1S/C8H9NO3/c10-5-2-1-3-8(5)4-6(11)9-7(8)12/h1-4H2,(H,9,11,12). The van der Waals surface area contributed by atoms with Crippen LogP contribution in [0, 0.1) is 5.41 Å². The van der Waals surface area contributed by atoms with Crippen LogP contribution < -0.4 is 5.32 Å². The van der Waals surface area contributed by atoms with Gasteiger partial charge in [0.25, 0.3) is 0 Å². The molecule has 1 unspecified atom stereocenters. The summed E-state index contributed by atoms with van der Waals surface area (Å²) in [6, 6.07) is 0. The summed E-state index contributed by atoms with van der Waals surface area (Å²) in [6.07, 6.45) is 1.80. The Morgan fingerprint density at radius 2 is 2.00 bits per heavy atom. The van der Waals surface area contributed by atoms with Gasteiger partial charge in [0.1, 0.15) is 11.2 Å². The van der Waals surface area contributed by atoms with Crippen LogP contribution in [-0.2, 0) is 14.4 Å². The molecule has 1 N–H and O–H groups in total. The molecule has 2 amide bonds. The molecule has 2 rings (SSSR count). The molecule has 1 aliphatic carbocycles. The van der Waals surface area contributed by atoms with Crippen molar-refractivity contribution in [3.8, 4) is 0 Å². The van der Waals surface area contributed by atoms with Gasteiger partial charge in [-0.05, 0) is 12.8 Å². The van der Waals surface area contributed by atoms with Crippen LogP contribution in [-0.4, -0.2) is 17.6 Å². The summed E-state index contributed by atoms with van der Waals surface area (Å²) in [6.45, 7) is 0. The number of hydrogen-bond acceptors (Lipinski definition) is 3. The summed E-state index contributed by atoms with van der Waals surface area (Å²) in [5.74, 6) is -0.754. The number of hydrogen-bond donors (Lipinski definition) is 1. The van der Waals surface area contributed by atoms with Gasteiger partial charge < -0.3 is 0 Å². The second-order valence-electron chi connectivity index (χ2n) is 3.41. The van der Waals surface area contributed by atoms with Gasteiger partial charge in [-0.2, -0.15) is 0 Å². The first-order valence-corrected chi connectivity index (χ1v) is 4.03. The lowest BCUT2D eigenvalue weighted by atomic mass is 9.84. The van der Waals surface area contributed by atoms with Crippen molar-refractivity contribution in [3.63, 3.8) is 0 Å². The number of carbonyl (C=O) groups excluding carboxylic acids is 3. The summed E-state index contributed by atoms with van der Waals surface area (Å²) < 4.78 is 0. The molecule has 1 heterocycles. The van der Waals surface area contributed by atoms with E-state index in [1.807, 2.05) is 0 Å². The molecule has 1 saturated carbocycles. The number of nitrogens with one attached hydrogen (secondary N) is 1. The van der Waals surface area contributed by atoms with Crippen LogP contribution in [0.4, 0.5) is 0 Å². The molecule has 12 heavy (non-hydrogen) atoms. The average molecular weight is 167 g/mol. The van der Waals surface area contributed by atoms with Gasteiger partial charge in [-0.3, -0.25) is 19.7 Å². The fraction of sp³-hybridized carbons (Fsp3) is 0.625. The Hall–Kier alpha value is -1.19. The minimum Gasteiger partial charge on any atom is -0.298 e. The molecule has 0 aromatic carbocycles. The Labute approximate surface area is 69.3 Å². The highest BCUT2D eigenvalue weighted by molar-refractivity contribution is 6.18. The van der Waals surface area contributed by atoms with E-state index in [2.05, 4.69) is 5.32 Å². The van der Waals surface area contributed by atoms with E-state index >= 15 is 0 Å². The van der Waals surface area contributed by atoms with Crippen molar-refractivity contribution in [1.82, 2.24) is 5.32 Å². The zero-order valence-corrected chi connectivity index (χ0v) is 6.55. The Kier molecular flexibility index (Phi) is 1.34. The van der Waals surface area contributed by atoms with E-state index in [9.17, 15) is 14.4 Å². The fourth-order valence-corrected chi connectivity index (χ4v) is 2.00. The van der Waals surface area contributed by atoms with Gasteiger partial charge in [-0.1, -0.05) is 0 Å². The number of ketones is 1. The molecule has 0 bridgehead atoms. The Morgan fingerprint density at radius 3 is 2.42 bits per heavy atom. The molecule has 64 valence electrons. The fourth-order valence-electron chi connectivity index (χ4n) is 2.00. The maximum Gasteiger partial charge on any atom is 0.240 e. The minimum absolute atomic E-state index is 0.0640. The smallest absolute Gasteiger partial charge is 0.240 e. The van der Waals surface area contributed by atoms with E-state index in [1.165, 1.54) is 0 Å². The van der Waals surface area contributed by atoms with E-state index < -0.39 is 5.41 Å². The number of Topliss-reactive ketones (excluding diaryl/α,β-unsaturated/α-hetero) is 1. The maximum absolute atomic E-state index is 11.3. The van der Waals surface area contributed by atoms with Crippen molar-refractivity contribution in [2.75, 3.05) is 0 Å². The van der Waals surface area contributed by atoms with E-state index in [1.54, 1.807) is 0 Å². The predicted molar refractivity (Wildman–Crippen MR) is 39.1 cm³/mol. The van der Waals surface area contributed by atoms with Gasteiger partial charge in [-0.25, -0.2) is 0 Å². The monoisotopic (exact) mass is 167 g/mol. The summed E-state index contributed by atoms with van der Waals surface area (Å²) >= 11 is 0. The normalized spacial score (nSPS) is 34.8. The molecule has 1 aliphatic heterocycles. The Bertz CT molecular complexity index is 284. The molecule has 1 atom stereocenters. The molecule has 0 radical (unpaired) electrons. The maximum atomic E-state index is 11.3. The van der Waals surface area contributed by atoms with E-state index in [-0.39, 0.29) is 24.0 Å². The van der Waals surface area contributed by atoms with Gasteiger partial charge in [0.2, 0.25) is 11.8 Å². The molecule has 4 nitrogen and oxygen atoms in total. The first-order chi connectivity index (χ1) is 5.65. The van der Waals surface area contributed by atoms with Crippen molar-refractivity contribution in [2.24, 2.45) is 5.41 Å². The predicted octanol–water partition coefficient (Wildman–Crippen LogP) is -0.228. The quantitative estimate of drug-likeness (QED) is 0.400. The van der Waals surface area contributed by atoms with E-state index in [4.69, 9.17) is 0 Å². The van der Waals surface area contributed by atoms with Crippen LogP contribution in [0.2, 0.25) is 0 Å². The van der Waals surface area contributed by atoms with Crippen molar-refractivity contribution in [2.45, 2.75) is 25.7 Å². The van der Waals surface area contributed by atoms with Crippen molar-refractivity contribution >= 4 is 17.6 Å². The van der Waals surface area contributed by atoms with Gasteiger partial charge >= 0.3 is 0 Å². The highest BCUT2D eigenvalue weighted by atomic mass is 16.2. The SMILES string of the molecule is O=C1CC2(CCCC2=O)C(=O)N1. The van der Waals surface area contributed by atoms with Crippen LogP contribution in [0.5, 0.6) is 0 Å². The molecular weight excluding hydrogens is 158 g/mol. The van der Waals surface area contributed by atoms with Crippen LogP contribution in [0.1, 0.15) is 25.7 Å². The first kappa shape index (κ1) is 7.46. The van der Waals surface area contributed by atoms with Crippen LogP contribution in [0.3, 0.4) is 0 Å². The van der Waals surface area contributed by atoms with Gasteiger partial charge in [0.05, 0.1) is 0 Å². The van der Waals surface area contributed by atoms with Gasteiger partial charge in [-0.15, -0.1) is 0 Å². The Morgan fingerprint density at radius 1 is 1.25 bits per heavy atom. The average Bonchev–Trinajstić information content (AvgIpc) is 2.44. The van der Waals surface area contributed by atoms with E-state index in [0.29, 0.717) is 12.8 Å². The third kappa shape index (κ3) is 0.748. The topological polar surface area (TPSA) is 63.2 Å².